The molecule has 0 saturated heterocycles. The number of hydrogen-bond acceptors (Lipinski definition) is 3. The molecule has 168 valence electrons. The van der Waals surface area contributed by atoms with Gasteiger partial charge in [0.2, 0.25) is 11.8 Å². The van der Waals surface area contributed by atoms with Crippen molar-refractivity contribution in [3.63, 3.8) is 0 Å². The lowest BCUT2D eigenvalue weighted by atomic mass is 10.1. The Labute approximate surface area is 194 Å². The Morgan fingerprint density at radius 3 is 2.48 bits per heavy atom. The number of amides is 2. The van der Waals surface area contributed by atoms with Crippen molar-refractivity contribution in [3.8, 4) is 5.75 Å². The van der Waals surface area contributed by atoms with Gasteiger partial charge in [0, 0.05) is 23.5 Å². The molecule has 0 fully saturated rings. The van der Waals surface area contributed by atoms with Crippen LogP contribution in [0.15, 0.2) is 53.0 Å². The van der Waals surface area contributed by atoms with Gasteiger partial charge in [0.05, 0.1) is 6.61 Å². The molecule has 0 aromatic heterocycles. The molecule has 0 heterocycles. The number of rotatable bonds is 11. The Kier molecular flexibility index (Phi) is 10.0. The summed E-state index contributed by atoms with van der Waals surface area (Å²) in [5.41, 5.74) is 2.15. The number of halogens is 1. The van der Waals surface area contributed by atoms with E-state index < -0.39 is 6.04 Å². The maximum absolute atomic E-state index is 13.1. The van der Waals surface area contributed by atoms with E-state index in [1.807, 2.05) is 69.3 Å². The van der Waals surface area contributed by atoms with Crippen LogP contribution in [0.25, 0.3) is 0 Å². The lowest BCUT2D eigenvalue weighted by Gasteiger charge is -2.30. The number of carbonyl (C=O) groups excluding carboxylic acids is 2. The van der Waals surface area contributed by atoms with Crippen LogP contribution in [0.1, 0.15) is 51.2 Å². The number of nitrogens with zero attached hydrogens (tertiary/aromatic N) is 1. The van der Waals surface area contributed by atoms with Crippen molar-refractivity contribution in [1.29, 1.82) is 0 Å². The SMILES string of the molecule is CCC(C)NC(=O)C(C)N(Cc1cccc(Br)c1)C(=O)CCCOc1ccc(C)cc1. The van der Waals surface area contributed by atoms with Crippen molar-refractivity contribution in [2.24, 2.45) is 0 Å². The van der Waals surface area contributed by atoms with Gasteiger partial charge in [-0.15, -0.1) is 0 Å². The van der Waals surface area contributed by atoms with Crippen molar-refractivity contribution < 1.29 is 14.3 Å². The third kappa shape index (κ3) is 8.37. The zero-order valence-corrected chi connectivity index (χ0v) is 20.4. The topological polar surface area (TPSA) is 58.6 Å². The molecule has 2 amide bonds. The van der Waals surface area contributed by atoms with Crippen molar-refractivity contribution in [1.82, 2.24) is 10.2 Å². The first kappa shape index (κ1) is 24.9. The van der Waals surface area contributed by atoms with Crippen LogP contribution in [0, 0.1) is 6.92 Å². The first-order valence-electron chi connectivity index (χ1n) is 10.8. The summed E-state index contributed by atoms with van der Waals surface area (Å²) in [4.78, 5) is 27.4. The van der Waals surface area contributed by atoms with Gasteiger partial charge < -0.3 is 15.0 Å². The molecule has 0 saturated carbocycles. The summed E-state index contributed by atoms with van der Waals surface area (Å²) in [7, 11) is 0. The summed E-state index contributed by atoms with van der Waals surface area (Å²) in [6.07, 6.45) is 1.75. The van der Waals surface area contributed by atoms with Crippen LogP contribution >= 0.6 is 15.9 Å². The minimum atomic E-state index is -0.557. The van der Waals surface area contributed by atoms with Gasteiger partial charge in [-0.1, -0.05) is 52.7 Å². The molecule has 2 aromatic rings. The molecule has 2 unspecified atom stereocenters. The Bertz CT molecular complexity index is 854. The number of nitrogens with one attached hydrogen (secondary N) is 1. The summed E-state index contributed by atoms with van der Waals surface area (Å²) in [6, 6.07) is 15.2. The Hall–Kier alpha value is -2.34. The molecule has 1 N–H and O–H groups in total. The summed E-state index contributed by atoms with van der Waals surface area (Å²) >= 11 is 3.48. The van der Waals surface area contributed by atoms with Crippen LogP contribution in [-0.4, -0.2) is 35.4 Å². The molecule has 0 aliphatic rings. The second-order valence-corrected chi connectivity index (χ2v) is 8.83. The van der Waals surface area contributed by atoms with Crippen molar-refractivity contribution in [2.45, 2.75) is 65.6 Å². The van der Waals surface area contributed by atoms with Crippen molar-refractivity contribution in [3.05, 3.63) is 64.1 Å². The number of hydrogen-bond donors (Lipinski definition) is 1. The van der Waals surface area contributed by atoms with Gasteiger partial charge in [-0.05, 0) is 63.4 Å². The van der Waals surface area contributed by atoms with Crippen LogP contribution in [0.5, 0.6) is 5.75 Å². The van der Waals surface area contributed by atoms with Gasteiger partial charge in [-0.25, -0.2) is 0 Å². The summed E-state index contributed by atoms with van der Waals surface area (Å²) in [5.74, 6) is 0.609. The summed E-state index contributed by atoms with van der Waals surface area (Å²) in [5, 5.41) is 2.99. The van der Waals surface area contributed by atoms with Crippen molar-refractivity contribution >= 4 is 27.7 Å². The van der Waals surface area contributed by atoms with Gasteiger partial charge >= 0.3 is 0 Å². The minimum absolute atomic E-state index is 0.0562. The fourth-order valence-corrected chi connectivity index (χ4v) is 3.52. The zero-order valence-electron chi connectivity index (χ0n) is 18.9. The van der Waals surface area contributed by atoms with Crippen LogP contribution in [0.4, 0.5) is 0 Å². The van der Waals surface area contributed by atoms with E-state index in [0.717, 1.165) is 22.2 Å². The van der Waals surface area contributed by atoms with E-state index in [4.69, 9.17) is 4.74 Å². The lowest BCUT2D eigenvalue weighted by Crippen LogP contribution is -2.49. The standard InChI is InChI=1S/C25H33BrN2O3/c1-5-19(3)27-25(30)20(4)28(17-21-8-6-9-22(26)16-21)24(29)10-7-15-31-23-13-11-18(2)12-14-23/h6,8-9,11-14,16,19-20H,5,7,10,15,17H2,1-4H3,(H,27,30). The molecule has 2 aromatic carbocycles. The van der Waals surface area contributed by atoms with E-state index in [2.05, 4.69) is 21.2 Å². The quantitative estimate of drug-likeness (QED) is 0.439. The molecular weight excluding hydrogens is 456 g/mol. The highest BCUT2D eigenvalue weighted by Gasteiger charge is 2.26. The summed E-state index contributed by atoms with van der Waals surface area (Å²) in [6.45, 7) is 8.64. The fraction of sp³-hybridized carbons (Fsp3) is 0.440. The van der Waals surface area contributed by atoms with E-state index in [1.165, 1.54) is 5.56 Å². The second-order valence-electron chi connectivity index (χ2n) is 7.91. The highest BCUT2D eigenvalue weighted by molar-refractivity contribution is 9.10. The van der Waals surface area contributed by atoms with Gasteiger partial charge in [-0.2, -0.15) is 0 Å². The average molecular weight is 489 g/mol. The third-order valence-corrected chi connectivity index (χ3v) is 5.73. The van der Waals surface area contributed by atoms with Crippen LogP contribution in [0.2, 0.25) is 0 Å². The number of benzene rings is 2. The number of carbonyl (C=O) groups is 2. The Balaban J connectivity index is 2.00. The highest BCUT2D eigenvalue weighted by atomic mass is 79.9. The molecule has 2 rings (SSSR count). The van der Waals surface area contributed by atoms with Crippen LogP contribution < -0.4 is 10.1 Å². The molecular formula is C25H33BrN2O3. The zero-order chi connectivity index (χ0) is 22.8. The average Bonchev–Trinajstić information content (AvgIpc) is 2.75. The molecule has 6 heteroatoms. The number of ether oxygens (including phenoxy) is 1. The van der Waals surface area contributed by atoms with E-state index in [1.54, 1.807) is 11.8 Å². The van der Waals surface area contributed by atoms with Gasteiger partial charge in [0.25, 0.3) is 0 Å². The molecule has 5 nitrogen and oxygen atoms in total. The van der Waals surface area contributed by atoms with E-state index in [0.29, 0.717) is 26.0 Å². The minimum Gasteiger partial charge on any atom is -0.494 e. The molecule has 0 radical (unpaired) electrons. The number of aryl methyl sites for hydroxylation is 1. The molecule has 31 heavy (non-hydrogen) atoms. The van der Waals surface area contributed by atoms with Gasteiger partial charge in [0.15, 0.2) is 0 Å². The Morgan fingerprint density at radius 2 is 1.84 bits per heavy atom. The predicted molar refractivity (Wildman–Crippen MR) is 128 cm³/mol. The molecule has 0 aliphatic carbocycles. The Morgan fingerprint density at radius 1 is 1.13 bits per heavy atom. The summed E-state index contributed by atoms with van der Waals surface area (Å²) < 4.78 is 6.69. The molecule has 0 spiro atoms. The lowest BCUT2D eigenvalue weighted by molar-refractivity contribution is -0.141. The smallest absolute Gasteiger partial charge is 0.242 e. The first-order chi connectivity index (χ1) is 14.8. The fourth-order valence-electron chi connectivity index (χ4n) is 3.07. The van der Waals surface area contributed by atoms with E-state index in [-0.39, 0.29) is 17.9 Å². The van der Waals surface area contributed by atoms with Crippen molar-refractivity contribution in [2.75, 3.05) is 6.61 Å². The molecule has 0 bridgehead atoms. The predicted octanol–water partition coefficient (Wildman–Crippen LogP) is 5.25. The van der Waals surface area contributed by atoms with E-state index in [9.17, 15) is 9.59 Å². The van der Waals surface area contributed by atoms with Gasteiger partial charge in [-0.3, -0.25) is 9.59 Å². The maximum atomic E-state index is 13.1. The normalized spacial score (nSPS) is 12.7. The van der Waals surface area contributed by atoms with Gasteiger partial charge in [0.1, 0.15) is 11.8 Å². The second kappa shape index (κ2) is 12.5. The monoisotopic (exact) mass is 488 g/mol. The molecule has 0 aliphatic heterocycles. The largest absolute Gasteiger partial charge is 0.494 e. The molecule has 2 atom stereocenters. The maximum Gasteiger partial charge on any atom is 0.242 e. The first-order valence-corrected chi connectivity index (χ1v) is 11.6. The highest BCUT2D eigenvalue weighted by Crippen LogP contribution is 2.17. The third-order valence-electron chi connectivity index (χ3n) is 5.23. The van der Waals surface area contributed by atoms with Crippen LogP contribution in [0.3, 0.4) is 0 Å². The van der Waals surface area contributed by atoms with Crippen LogP contribution in [-0.2, 0) is 16.1 Å². The van der Waals surface area contributed by atoms with E-state index >= 15 is 0 Å².